The average Bonchev–Trinajstić information content (AvgIpc) is 3.22. The van der Waals surface area contributed by atoms with Crippen LogP contribution in [0.5, 0.6) is 0 Å². The van der Waals surface area contributed by atoms with Crippen molar-refractivity contribution in [2.45, 2.75) is 52.1 Å². The summed E-state index contributed by atoms with van der Waals surface area (Å²) in [4.78, 5) is 15.7. The molecular weight excluding hydrogens is 453 g/mol. The van der Waals surface area contributed by atoms with E-state index in [1.54, 1.807) is 0 Å². The van der Waals surface area contributed by atoms with Crippen molar-refractivity contribution in [3.8, 4) is 16.9 Å². The van der Waals surface area contributed by atoms with Gasteiger partial charge in [0.1, 0.15) is 5.69 Å². The van der Waals surface area contributed by atoms with Crippen LogP contribution in [0.15, 0.2) is 41.2 Å². The van der Waals surface area contributed by atoms with Gasteiger partial charge >= 0.3 is 6.18 Å². The molecule has 2 aliphatic heterocycles. The minimum absolute atomic E-state index is 0.230. The molecule has 0 bridgehead atoms. The first-order valence-corrected chi connectivity index (χ1v) is 12.2. The van der Waals surface area contributed by atoms with E-state index in [9.17, 15) is 18.0 Å². The van der Waals surface area contributed by atoms with E-state index < -0.39 is 17.3 Å². The quantitative estimate of drug-likeness (QED) is 0.506. The van der Waals surface area contributed by atoms with Crippen LogP contribution in [0.3, 0.4) is 0 Å². The third kappa shape index (κ3) is 4.54. The topological polar surface area (TPSA) is 50.2 Å². The fourth-order valence-corrected chi connectivity index (χ4v) is 5.24. The minimum Gasteiger partial charge on any atom is -0.380 e. The molecule has 5 rings (SSSR count). The summed E-state index contributed by atoms with van der Waals surface area (Å²) in [7, 11) is 0. The number of aromatic nitrogens is 2. The van der Waals surface area contributed by atoms with Gasteiger partial charge in [-0.3, -0.25) is 4.79 Å². The Morgan fingerprint density at radius 3 is 2.34 bits per heavy atom. The molecule has 2 aromatic carbocycles. The second kappa shape index (κ2) is 9.06. The molecule has 5 nitrogen and oxygen atoms in total. The number of hydrogen-bond acceptors (Lipinski definition) is 4. The zero-order chi connectivity index (χ0) is 24.7. The van der Waals surface area contributed by atoms with Crippen LogP contribution in [0.1, 0.15) is 47.9 Å². The minimum atomic E-state index is -4.62. The van der Waals surface area contributed by atoms with Gasteiger partial charge in [0.15, 0.2) is 0 Å². The highest BCUT2D eigenvalue weighted by Crippen LogP contribution is 2.37. The Balaban J connectivity index is 1.80. The lowest BCUT2D eigenvalue weighted by Gasteiger charge is -2.22. The predicted molar refractivity (Wildman–Crippen MR) is 133 cm³/mol. The fourth-order valence-electron chi connectivity index (χ4n) is 5.24. The summed E-state index contributed by atoms with van der Waals surface area (Å²) in [6.07, 6.45) is -0.240. The van der Waals surface area contributed by atoms with E-state index in [4.69, 9.17) is 0 Å². The first kappa shape index (κ1) is 23.5. The van der Waals surface area contributed by atoms with Gasteiger partial charge in [-0.1, -0.05) is 17.2 Å². The standard InChI is InChI=1S/C27H29F3N4O/c1-17-13-18(2)15-19(14-17)24-21-7-3-4-10-31-25(21)26(35)34(32-24)23-16-20(33-11-5-6-12-33)8-9-22(23)27(28,29)30/h8-9,13-16,31H,3-7,10-12H2,1-2H3. The van der Waals surface area contributed by atoms with Crippen LogP contribution in [0.2, 0.25) is 0 Å². The van der Waals surface area contributed by atoms with Crippen molar-refractivity contribution in [1.29, 1.82) is 0 Å². The zero-order valence-electron chi connectivity index (χ0n) is 20.0. The van der Waals surface area contributed by atoms with Crippen molar-refractivity contribution in [2.75, 3.05) is 29.9 Å². The van der Waals surface area contributed by atoms with E-state index >= 15 is 0 Å². The summed E-state index contributed by atoms with van der Waals surface area (Å²) >= 11 is 0. The summed E-state index contributed by atoms with van der Waals surface area (Å²) < 4.78 is 43.4. The average molecular weight is 483 g/mol. The zero-order valence-corrected chi connectivity index (χ0v) is 20.0. The molecule has 0 amide bonds. The molecule has 0 spiro atoms. The van der Waals surface area contributed by atoms with Crippen molar-refractivity contribution >= 4 is 11.4 Å². The smallest absolute Gasteiger partial charge is 0.380 e. The van der Waals surface area contributed by atoms with Gasteiger partial charge in [0, 0.05) is 36.4 Å². The Bertz CT molecular complexity index is 1300. The Kier molecular flexibility index (Phi) is 6.07. The number of halogens is 3. The molecular formula is C27H29F3N4O. The molecule has 1 fully saturated rings. The maximum absolute atomic E-state index is 14.1. The van der Waals surface area contributed by atoms with Crippen molar-refractivity contribution in [2.24, 2.45) is 0 Å². The van der Waals surface area contributed by atoms with Crippen LogP contribution in [0.4, 0.5) is 24.5 Å². The molecule has 1 saturated heterocycles. The van der Waals surface area contributed by atoms with Crippen LogP contribution in [-0.4, -0.2) is 29.4 Å². The molecule has 35 heavy (non-hydrogen) atoms. The van der Waals surface area contributed by atoms with Crippen LogP contribution in [0.25, 0.3) is 16.9 Å². The van der Waals surface area contributed by atoms with Crippen LogP contribution >= 0.6 is 0 Å². The van der Waals surface area contributed by atoms with Gasteiger partial charge in [-0.05, 0) is 76.3 Å². The number of anilines is 2. The van der Waals surface area contributed by atoms with Crippen LogP contribution < -0.4 is 15.8 Å². The normalized spacial score (nSPS) is 16.1. The molecule has 1 N–H and O–H groups in total. The number of aryl methyl sites for hydroxylation is 2. The third-order valence-electron chi connectivity index (χ3n) is 6.83. The molecule has 184 valence electrons. The second-order valence-electron chi connectivity index (χ2n) is 9.57. The van der Waals surface area contributed by atoms with Crippen molar-refractivity contribution in [3.63, 3.8) is 0 Å². The molecule has 2 aliphatic rings. The van der Waals surface area contributed by atoms with Gasteiger partial charge in [0.25, 0.3) is 5.56 Å². The molecule has 0 aliphatic carbocycles. The number of hydrogen-bond donors (Lipinski definition) is 1. The third-order valence-corrected chi connectivity index (χ3v) is 6.83. The molecule has 0 radical (unpaired) electrons. The number of alkyl halides is 3. The van der Waals surface area contributed by atoms with Crippen molar-refractivity contribution < 1.29 is 13.2 Å². The summed E-state index contributed by atoms with van der Waals surface area (Å²) in [5.41, 5.74) is 3.59. The number of benzene rings is 2. The SMILES string of the molecule is Cc1cc(C)cc(-c2nn(-c3cc(N4CCCC4)ccc3C(F)(F)F)c(=O)c3c2CCCCN3)c1. The van der Waals surface area contributed by atoms with Gasteiger partial charge in [-0.15, -0.1) is 0 Å². The Morgan fingerprint density at radius 2 is 1.66 bits per heavy atom. The Labute approximate surface area is 202 Å². The van der Waals surface area contributed by atoms with E-state index in [0.29, 0.717) is 30.0 Å². The molecule has 3 heterocycles. The summed E-state index contributed by atoms with van der Waals surface area (Å²) in [6.45, 7) is 6.12. The summed E-state index contributed by atoms with van der Waals surface area (Å²) in [5.74, 6) is 0. The molecule has 0 saturated carbocycles. The van der Waals surface area contributed by atoms with E-state index in [-0.39, 0.29) is 5.69 Å². The van der Waals surface area contributed by atoms with Gasteiger partial charge in [-0.2, -0.15) is 23.0 Å². The van der Waals surface area contributed by atoms with Gasteiger partial charge in [0.05, 0.1) is 16.9 Å². The van der Waals surface area contributed by atoms with E-state index in [0.717, 1.165) is 71.8 Å². The maximum atomic E-state index is 14.1. The number of rotatable bonds is 3. The van der Waals surface area contributed by atoms with E-state index in [1.165, 1.54) is 12.1 Å². The van der Waals surface area contributed by atoms with Crippen LogP contribution in [0, 0.1) is 13.8 Å². The molecule has 1 aromatic heterocycles. The van der Waals surface area contributed by atoms with Gasteiger partial charge in [0.2, 0.25) is 0 Å². The predicted octanol–water partition coefficient (Wildman–Crippen LogP) is 5.88. The van der Waals surface area contributed by atoms with Crippen LogP contribution in [-0.2, 0) is 12.6 Å². The first-order chi connectivity index (χ1) is 16.7. The van der Waals surface area contributed by atoms with Gasteiger partial charge in [-0.25, -0.2) is 0 Å². The number of fused-ring (bicyclic) bond motifs is 1. The van der Waals surface area contributed by atoms with Crippen molar-refractivity contribution in [3.05, 3.63) is 69.0 Å². The molecule has 3 aromatic rings. The lowest BCUT2D eigenvalue weighted by molar-refractivity contribution is -0.137. The number of nitrogens with one attached hydrogen (secondary N) is 1. The molecule has 0 atom stereocenters. The summed E-state index contributed by atoms with van der Waals surface area (Å²) in [6, 6.07) is 10.0. The highest BCUT2D eigenvalue weighted by atomic mass is 19.4. The lowest BCUT2D eigenvalue weighted by atomic mass is 9.98. The lowest BCUT2D eigenvalue weighted by Crippen LogP contribution is -2.29. The Morgan fingerprint density at radius 1 is 0.943 bits per heavy atom. The fraction of sp³-hybridized carbons (Fsp3) is 0.407. The highest BCUT2D eigenvalue weighted by Gasteiger charge is 2.36. The monoisotopic (exact) mass is 482 g/mol. The Hall–Kier alpha value is -3.29. The van der Waals surface area contributed by atoms with E-state index in [2.05, 4.69) is 15.3 Å². The summed E-state index contributed by atoms with van der Waals surface area (Å²) in [5, 5.41) is 7.84. The number of nitrogens with zero attached hydrogens (tertiary/aromatic N) is 3. The first-order valence-electron chi connectivity index (χ1n) is 12.2. The highest BCUT2D eigenvalue weighted by molar-refractivity contribution is 5.72. The van der Waals surface area contributed by atoms with Crippen molar-refractivity contribution in [1.82, 2.24) is 9.78 Å². The molecule has 0 unspecified atom stereocenters. The largest absolute Gasteiger partial charge is 0.418 e. The second-order valence-corrected chi connectivity index (χ2v) is 9.57. The van der Waals surface area contributed by atoms with E-state index in [1.807, 2.05) is 32.0 Å². The van der Waals surface area contributed by atoms with Gasteiger partial charge < -0.3 is 10.2 Å². The molecule has 8 heteroatoms. The maximum Gasteiger partial charge on any atom is 0.418 e.